The first kappa shape index (κ1) is 16.2. The summed E-state index contributed by atoms with van der Waals surface area (Å²) in [6, 6.07) is 4.05. The van der Waals surface area contributed by atoms with E-state index in [9.17, 15) is 9.18 Å². The fourth-order valence-corrected chi connectivity index (χ4v) is 1.44. The van der Waals surface area contributed by atoms with Crippen LogP contribution >= 0.6 is 0 Å². The van der Waals surface area contributed by atoms with E-state index < -0.39 is 11.8 Å². The normalized spacial score (nSPS) is 11.8. The SMILES string of the molecule is CC(C)(C)OCCOc1cc(F)cc(/C=C/C(=O)O)c1. The molecule has 0 amide bonds. The Labute approximate surface area is 117 Å². The number of benzene rings is 1. The van der Waals surface area contributed by atoms with Crippen LogP contribution in [0.3, 0.4) is 0 Å². The zero-order valence-electron chi connectivity index (χ0n) is 11.9. The van der Waals surface area contributed by atoms with E-state index in [4.69, 9.17) is 14.6 Å². The highest BCUT2D eigenvalue weighted by atomic mass is 19.1. The number of aliphatic carboxylic acids is 1. The summed E-state index contributed by atoms with van der Waals surface area (Å²) < 4.78 is 24.2. The van der Waals surface area contributed by atoms with Crippen LogP contribution in [0.4, 0.5) is 4.39 Å². The third kappa shape index (κ3) is 6.89. The third-order valence-corrected chi connectivity index (χ3v) is 2.20. The molecular formula is C15H19FO4. The van der Waals surface area contributed by atoms with Gasteiger partial charge in [0, 0.05) is 12.1 Å². The highest BCUT2D eigenvalue weighted by Gasteiger charge is 2.09. The van der Waals surface area contributed by atoms with Gasteiger partial charge in [-0.25, -0.2) is 9.18 Å². The minimum atomic E-state index is -1.09. The van der Waals surface area contributed by atoms with Gasteiger partial charge in [-0.05, 0) is 44.5 Å². The van der Waals surface area contributed by atoms with Gasteiger partial charge in [0.05, 0.1) is 12.2 Å². The predicted octanol–water partition coefficient (Wildman–Crippen LogP) is 3.12. The lowest BCUT2D eigenvalue weighted by Gasteiger charge is -2.19. The fourth-order valence-electron chi connectivity index (χ4n) is 1.44. The number of rotatable bonds is 6. The number of hydrogen-bond acceptors (Lipinski definition) is 3. The minimum Gasteiger partial charge on any atom is -0.491 e. The average Bonchev–Trinajstić information content (AvgIpc) is 2.30. The number of hydrogen-bond donors (Lipinski definition) is 1. The quantitative estimate of drug-likeness (QED) is 0.643. The van der Waals surface area contributed by atoms with Crippen molar-refractivity contribution in [2.75, 3.05) is 13.2 Å². The summed E-state index contributed by atoms with van der Waals surface area (Å²) in [5.41, 5.74) is 0.180. The van der Waals surface area contributed by atoms with Crippen LogP contribution in [0, 0.1) is 5.82 Å². The highest BCUT2D eigenvalue weighted by Crippen LogP contribution is 2.18. The Morgan fingerprint density at radius 1 is 1.30 bits per heavy atom. The molecule has 20 heavy (non-hydrogen) atoms. The molecule has 0 aromatic heterocycles. The minimum absolute atomic E-state index is 0.249. The Balaban J connectivity index is 2.60. The van der Waals surface area contributed by atoms with E-state index in [1.54, 1.807) is 6.07 Å². The summed E-state index contributed by atoms with van der Waals surface area (Å²) in [4.78, 5) is 10.4. The first-order valence-electron chi connectivity index (χ1n) is 6.25. The second-order valence-electron chi connectivity index (χ2n) is 5.20. The highest BCUT2D eigenvalue weighted by molar-refractivity contribution is 5.85. The summed E-state index contributed by atoms with van der Waals surface area (Å²) in [6.07, 6.45) is 2.26. The maximum atomic E-state index is 13.4. The van der Waals surface area contributed by atoms with Crippen molar-refractivity contribution in [1.82, 2.24) is 0 Å². The number of carbonyl (C=O) groups is 1. The molecule has 0 fully saturated rings. The van der Waals surface area contributed by atoms with E-state index in [0.717, 1.165) is 6.08 Å². The maximum absolute atomic E-state index is 13.4. The van der Waals surface area contributed by atoms with Gasteiger partial charge in [-0.15, -0.1) is 0 Å². The molecule has 110 valence electrons. The monoisotopic (exact) mass is 282 g/mol. The van der Waals surface area contributed by atoms with Gasteiger partial charge in [0.25, 0.3) is 0 Å². The van der Waals surface area contributed by atoms with Gasteiger partial charge in [-0.1, -0.05) is 0 Å². The van der Waals surface area contributed by atoms with Crippen molar-refractivity contribution in [3.8, 4) is 5.75 Å². The zero-order valence-corrected chi connectivity index (χ0v) is 11.9. The lowest BCUT2D eigenvalue weighted by Crippen LogP contribution is -2.22. The van der Waals surface area contributed by atoms with Gasteiger partial charge in [-0.3, -0.25) is 0 Å². The van der Waals surface area contributed by atoms with Crippen molar-refractivity contribution in [3.05, 3.63) is 35.7 Å². The number of carboxylic acid groups (broad SMARTS) is 1. The molecule has 0 unspecified atom stereocenters. The molecule has 0 saturated carbocycles. The van der Waals surface area contributed by atoms with E-state index in [2.05, 4.69) is 0 Å². The Morgan fingerprint density at radius 2 is 2.00 bits per heavy atom. The second kappa shape index (κ2) is 7.05. The molecule has 4 nitrogen and oxygen atoms in total. The molecule has 0 aliphatic carbocycles. The molecule has 0 radical (unpaired) electrons. The Bertz CT molecular complexity index is 489. The molecule has 1 aromatic carbocycles. The lowest BCUT2D eigenvalue weighted by molar-refractivity contribution is -0.131. The van der Waals surface area contributed by atoms with Crippen molar-refractivity contribution in [1.29, 1.82) is 0 Å². The molecule has 0 heterocycles. The first-order valence-corrected chi connectivity index (χ1v) is 6.25. The van der Waals surface area contributed by atoms with E-state index in [1.165, 1.54) is 18.2 Å². The van der Waals surface area contributed by atoms with Crippen molar-refractivity contribution < 1.29 is 23.8 Å². The van der Waals surface area contributed by atoms with E-state index in [0.29, 0.717) is 24.5 Å². The summed E-state index contributed by atoms with van der Waals surface area (Å²) in [6.45, 7) is 6.49. The van der Waals surface area contributed by atoms with Crippen LogP contribution in [0.25, 0.3) is 6.08 Å². The van der Waals surface area contributed by atoms with Crippen LogP contribution in [0.5, 0.6) is 5.75 Å². The van der Waals surface area contributed by atoms with Crippen molar-refractivity contribution >= 4 is 12.0 Å². The van der Waals surface area contributed by atoms with Gasteiger partial charge in [0.2, 0.25) is 0 Å². The second-order valence-corrected chi connectivity index (χ2v) is 5.20. The summed E-state index contributed by atoms with van der Waals surface area (Å²) in [7, 11) is 0. The molecule has 0 bridgehead atoms. The van der Waals surface area contributed by atoms with Crippen LogP contribution < -0.4 is 4.74 Å². The first-order chi connectivity index (χ1) is 9.26. The molecule has 1 aromatic rings. The van der Waals surface area contributed by atoms with Gasteiger partial charge < -0.3 is 14.6 Å². The summed E-state index contributed by atoms with van der Waals surface area (Å²) in [5, 5.41) is 8.53. The molecule has 0 atom stereocenters. The van der Waals surface area contributed by atoms with E-state index >= 15 is 0 Å². The van der Waals surface area contributed by atoms with Crippen molar-refractivity contribution in [2.24, 2.45) is 0 Å². The van der Waals surface area contributed by atoms with Crippen molar-refractivity contribution in [2.45, 2.75) is 26.4 Å². The Kier molecular flexibility index (Phi) is 5.70. The van der Waals surface area contributed by atoms with Crippen molar-refractivity contribution in [3.63, 3.8) is 0 Å². The molecule has 1 N–H and O–H groups in total. The molecule has 0 aliphatic heterocycles. The molecular weight excluding hydrogens is 263 g/mol. The smallest absolute Gasteiger partial charge is 0.328 e. The Morgan fingerprint density at radius 3 is 2.60 bits per heavy atom. The van der Waals surface area contributed by atoms with Crippen LogP contribution in [0.15, 0.2) is 24.3 Å². The summed E-state index contributed by atoms with van der Waals surface area (Å²) >= 11 is 0. The van der Waals surface area contributed by atoms with Gasteiger partial charge in [0.1, 0.15) is 18.2 Å². The van der Waals surface area contributed by atoms with Crippen LogP contribution in [-0.4, -0.2) is 29.9 Å². The number of ether oxygens (including phenoxy) is 2. The van der Waals surface area contributed by atoms with Gasteiger partial charge in [-0.2, -0.15) is 0 Å². The van der Waals surface area contributed by atoms with Gasteiger partial charge in [0.15, 0.2) is 0 Å². The Hall–Kier alpha value is -1.88. The molecule has 5 heteroatoms. The van der Waals surface area contributed by atoms with Crippen LogP contribution in [-0.2, 0) is 9.53 Å². The predicted molar refractivity (Wildman–Crippen MR) is 74.3 cm³/mol. The number of halogens is 1. The fraction of sp³-hybridized carbons (Fsp3) is 0.400. The zero-order chi connectivity index (χ0) is 15.2. The lowest BCUT2D eigenvalue weighted by atomic mass is 10.2. The molecule has 0 spiro atoms. The van der Waals surface area contributed by atoms with Crippen LogP contribution in [0.1, 0.15) is 26.3 Å². The molecule has 0 saturated heterocycles. The third-order valence-electron chi connectivity index (χ3n) is 2.20. The van der Waals surface area contributed by atoms with Gasteiger partial charge >= 0.3 is 5.97 Å². The standard InChI is InChI=1S/C15H19FO4/c1-15(2,3)20-7-6-19-13-9-11(4-5-14(17)18)8-12(16)10-13/h4-5,8-10H,6-7H2,1-3H3,(H,17,18)/b5-4+. The van der Waals surface area contributed by atoms with E-state index in [-0.39, 0.29) is 5.60 Å². The molecule has 0 aliphatic rings. The van der Waals surface area contributed by atoms with Crippen LogP contribution in [0.2, 0.25) is 0 Å². The average molecular weight is 282 g/mol. The maximum Gasteiger partial charge on any atom is 0.328 e. The topological polar surface area (TPSA) is 55.8 Å². The largest absolute Gasteiger partial charge is 0.491 e. The van der Waals surface area contributed by atoms with E-state index in [1.807, 2.05) is 20.8 Å². The number of carboxylic acids is 1. The molecule has 1 rings (SSSR count). The summed E-state index contributed by atoms with van der Waals surface area (Å²) in [5.74, 6) is -1.23.